The molecule has 1 N–H and O–H groups in total. The SMILES string of the molecule is CC1(c2cnccn2)NC(=O)N(Cc2csc(C3CCCC3)n2)C1=O. The maximum Gasteiger partial charge on any atom is 0.325 e. The molecule has 1 aliphatic carbocycles. The standard InChI is InChI=1S/C17H19N5O2S/c1-17(13-8-18-6-7-19-13)15(23)22(16(24)21-17)9-12-10-25-14(20-12)11-4-2-3-5-11/h6-8,10-11H,2-5,9H2,1H3,(H,21,24). The van der Waals surface area contributed by atoms with Crippen LogP contribution < -0.4 is 5.32 Å². The molecule has 2 aromatic heterocycles. The highest BCUT2D eigenvalue weighted by molar-refractivity contribution is 7.09. The lowest BCUT2D eigenvalue weighted by atomic mass is 9.98. The summed E-state index contributed by atoms with van der Waals surface area (Å²) in [5, 5.41) is 5.81. The average molecular weight is 357 g/mol. The van der Waals surface area contributed by atoms with Crippen LogP contribution in [0.25, 0.3) is 0 Å². The summed E-state index contributed by atoms with van der Waals surface area (Å²) in [5.74, 6) is 0.208. The molecule has 2 fully saturated rings. The molecule has 0 radical (unpaired) electrons. The Morgan fingerprint density at radius 2 is 2.12 bits per heavy atom. The lowest BCUT2D eigenvalue weighted by molar-refractivity contribution is -0.131. The first kappa shape index (κ1) is 16.1. The fourth-order valence-corrected chi connectivity index (χ4v) is 4.47. The Hall–Kier alpha value is -2.35. The van der Waals surface area contributed by atoms with Crippen molar-refractivity contribution in [3.05, 3.63) is 40.4 Å². The summed E-state index contributed by atoms with van der Waals surface area (Å²) < 4.78 is 0. The van der Waals surface area contributed by atoms with Crippen LogP contribution >= 0.6 is 11.3 Å². The molecule has 7 nitrogen and oxygen atoms in total. The van der Waals surface area contributed by atoms with Crippen molar-refractivity contribution < 1.29 is 9.59 Å². The molecule has 1 aliphatic heterocycles. The minimum atomic E-state index is -1.18. The van der Waals surface area contributed by atoms with Crippen molar-refractivity contribution in [1.82, 2.24) is 25.2 Å². The van der Waals surface area contributed by atoms with Crippen LogP contribution in [-0.4, -0.2) is 31.8 Å². The van der Waals surface area contributed by atoms with Crippen molar-refractivity contribution in [3.8, 4) is 0 Å². The highest BCUT2D eigenvalue weighted by Gasteiger charge is 2.50. The molecule has 3 heterocycles. The maximum atomic E-state index is 12.9. The summed E-state index contributed by atoms with van der Waals surface area (Å²) in [4.78, 5) is 39.3. The van der Waals surface area contributed by atoms with Crippen LogP contribution in [-0.2, 0) is 16.9 Å². The number of carbonyl (C=O) groups excluding carboxylic acids is 2. The number of carbonyl (C=O) groups is 2. The van der Waals surface area contributed by atoms with Crippen molar-refractivity contribution in [2.75, 3.05) is 0 Å². The second-order valence-electron chi connectivity index (χ2n) is 6.70. The normalized spacial score (nSPS) is 24.1. The Kier molecular flexibility index (Phi) is 3.99. The van der Waals surface area contributed by atoms with E-state index in [0.29, 0.717) is 11.6 Å². The number of amides is 3. The number of nitrogens with one attached hydrogen (secondary N) is 1. The van der Waals surface area contributed by atoms with Gasteiger partial charge in [-0.25, -0.2) is 9.78 Å². The lowest BCUT2D eigenvalue weighted by Gasteiger charge is -2.20. The van der Waals surface area contributed by atoms with Crippen LogP contribution in [0.3, 0.4) is 0 Å². The molecule has 2 aromatic rings. The van der Waals surface area contributed by atoms with E-state index in [0.717, 1.165) is 10.7 Å². The third kappa shape index (κ3) is 2.80. The van der Waals surface area contributed by atoms with Gasteiger partial charge in [-0.1, -0.05) is 12.8 Å². The van der Waals surface area contributed by atoms with Gasteiger partial charge < -0.3 is 5.32 Å². The van der Waals surface area contributed by atoms with E-state index in [9.17, 15) is 9.59 Å². The molecule has 25 heavy (non-hydrogen) atoms. The summed E-state index contributed by atoms with van der Waals surface area (Å²) in [6.45, 7) is 1.84. The monoisotopic (exact) mass is 357 g/mol. The molecule has 2 aliphatic rings. The maximum absolute atomic E-state index is 12.9. The number of thiazole rings is 1. The van der Waals surface area contributed by atoms with Crippen molar-refractivity contribution in [2.45, 2.75) is 50.6 Å². The molecule has 0 aromatic carbocycles. The predicted molar refractivity (Wildman–Crippen MR) is 91.8 cm³/mol. The Labute approximate surface area is 149 Å². The average Bonchev–Trinajstić information content (AvgIpc) is 3.34. The topological polar surface area (TPSA) is 88.1 Å². The van der Waals surface area contributed by atoms with Crippen LogP contribution in [0.4, 0.5) is 4.79 Å². The van der Waals surface area contributed by atoms with Gasteiger partial charge in [0.15, 0.2) is 5.54 Å². The quantitative estimate of drug-likeness (QED) is 0.850. The van der Waals surface area contributed by atoms with Crippen molar-refractivity contribution >= 4 is 23.3 Å². The van der Waals surface area contributed by atoms with Gasteiger partial charge >= 0.3 is 6.03 Å². The minimum Gasteiger partial charge on any atom is -0.318 e. The van der Waals surface area contributed by atoms with Gasteiger partial charge in [0.05, 0.1) is 29.1 Å². The second-order valence-corrected chi connectivity index (χ2v) is 7.59. The predicted octanol–water partition coefficient (Wildman–Crippen LogP) is 2.56. The van der Waals surface area contributed by atoms with E-state index in [-0.39, 0.29) is 12.5 Å². The Morgan fingerprint density at radius 3 is 2.84 bits per heavy atom. The summed E-state index contributed by atoms with van der Waals surface area (Å²) >= 11 is 1.63. The number of urea groups is 1. The Morgan fingerprint density at radius 1 is 1.32 bits per heavy atom. The molecule has 4 rings (SSSR count). The Balaban J connectivity index is 1.53. The number of hydrogen-bond donors (Lipinski definition) is 1. The molecule has 0 bridgehead atoms. The third-order valence-corrected chi connectivity index (χ3v) is 6.00. The minimum absolute atomic E-state index is 0.184. The summed E-state index contributed by atoms with van der Waals surface area (Å²) in [6, 6.07) is -0.423. The zero-order valence-electron chi connectivity index (χ0n) is 13.9. The zero-order valence-corrected chi connectivity index (χ0v) is 14.8. The number of rotatable bonds is 4. The first-order valence-electron chi connectivity index (χ1n) is 8.43. The van der Waals surface area contributed by atoms with E-state index in [1.54, 1.807) is 18.3 Å². The summed E-state index contributed by atoms with van der Waals surface area (Å²) in [7, 11) is 0. The molecule has 1 unspecified atom stereocenters. The van der Waals surface area contributed by atoms with Gasteiger partial charge in [0.2, 0.25) is 0 Å². The molecule has 8 heteroatoms. The largest absolute Gasteiger partial charge is 0.325 e. The van der Waals surface area contributed by atoms with Crippen molar-refractivity contribution in [1.29, 1.82) is 0 Å². The van der Waals surface area contributed by atoms with Gasteiger partial charge in [0, 0.05) is 23.7 Å². The van der Waals surface area contributed by atoms with E-state index < -0.39 is 11.6 Å². The number of nitrogens with zero attached hydrogens (tertiary/aromatic N) is 4. The van der Waals surface area contributed by atoms with E-state index in [4.69, 9.17) is 0 Å². The van der Waals surface area contributed by atoms with Gasteiger partial charge in [-0.2, -0.15) is 0 Å². The van der Waals surface area contributed by atoms with Gasteiger partial charge in [-0.05, 0) is 19.8 Å². The van der Waals surface area contributed by atoms with E-state index >= 15 is 0 Å². The first-order chi connectivity index (χ1) is 12.1. The molecule has 0 spiro atoms. The molecular weight excluding hydrogens is 338 g/mol. The smallest absolute Gasteiger partial charge is 0.318 e. The number of imide groups is 1. The molecule has 1 saturated carbocycles. The van der Waals surface area contributed by atoms with Crippen LogP contribution in [0.2, 0.25) is 0 Å². The highest BCUT2D eigenvalue weighted by Crippen LogP contribution is 2.36. The fraction of sp³-hybridized carbons (Fsp3) is 0.471. The molecular formula is C17H19N5O2S. The second kappa shape index (κ2) is 6.18. The van der Waals surface area contributed by atoms with E-state index in [1.807, 2.05) is 5.38 Å². The van der Waals surface area contributed by atoms with Crippen LogP contribution in [0.15, 0.2) is 24.0 Å². The van der Waals surface area contributed by atoms with E-state index in [2.05, 4.69) is 20.3 Å². The summed E-state index contributed by atoms with van der Waals surface area (Å²) in [6.07, 6.45) is 9.42. The van der Waals surface area contributed by atoms with Gasteiger partial charge in [-0.3, -0.25) is 19.7 Å². The van der Waals surface area contributed by atoms with E-state index in [1.165, 1.54) is 49.2 Å². The first-order valence-corrected chi connectivity index (χ1v) is 9.31. The van der Waals surface area contributed by atoms with Gasteiger partial charge in [0.1, 0.15) is 0 Å². The molecule has 130 valence electrons. The van der Waals surface area contributed by atoms with Crippen molar-refractivity contribution in [2.24, 2.45) is 0 Å². The Bertz CT molecular complexity index is 802. The van der Waals surface area contributed by atoms with Crippen LogP contribution in [0, 0.1) is 0 Å². The molecule has 1 saturated heterocycles. The van der Waals surface area contributed by atoms with Crippen LogP contribution in [0.1, 0.15) is 54.9 Å². The van der Waals surface area contributed by atoms with Crippen molar-refractivity contribution in [3.63, 3.8) is 0 Å². The zero-order chi connectivity index (χ0) is 17.4. The van der Waals surface area contributed by atoms with Gasteiger partial charge in [-0.15, -0.1) is 11.3 Å². The third-order valence-electron chi connectivity index (χ3n) is 4.94. The highest BCUT2D eigenvalue weighted by atomic mass is 32.1. The fourth-order valence-electron chi connectivity index (χ4n) is 3.49. The molecule has 1 atom stereocenters. The molecule has 3 amide bonds. The summed E-state index contributed by atoms with van der Waals surface area (Å²) in [5.41, 5.74) is 0.00917. The number of hydrogen-bond acceptors (Lipinski definition) is 6. The van der Waals surface area contributed by atoms with Gasteiger partial charge in [0.25, 0.3) is 5.91 Å². The van der Waals surface area contributed by atoms with Crippen LogP contribution in [0.5, 0.6) is 0 Å². The lowest BCUT2D eigenvalue weighted by Crippen LogP contribution is -2.41. The number of aromatic nitrogens is 3.